The topological polar surface area (TPSA) is 99.7 Å². The molecule has 0 bridgehead atoms. The number of benzene rings is 2. The number of hydrogen-bond acceptors (Lipinski definition) is 8. The zero-order valence-electron chi connectivity index (χ0n) is 16.4. The van der Waals surface area contributed by atoms with Gasteiger partial charge >= 0.3 is 0 Å². The summed E-state index contributed by atoms with van der Waals surface area (Å²) < 4.78 is 30.6. The first kappa shape index (κ1) is 22.2. The third kappa shape index (κ3) is 4.99. The van der Waals surface area contributed by atoms with Crippen molar-refractivity contribution < 1.29 is 23.7 Å². The zero-order valence-corrected chi connectivity index (χ0v) is 18.0. The third-order valence-corrected chi connectivity index (χ3v) is 5.39. The van der Waals surface area contributed by atoms with Crippen molar-refractivity contribution in [1.82, 2.24) is 10.2 Å². The van der Waals surface area contributed by atoms with Gasteiger partial charge in [-0.1, -0.05) is 22.9 Å². The normalized spacial score (nSPS) is 11.9. The minimum absolute atomic E-state index is 0.0361. The Morgan fingerprint density at radius 1 is 1.13 bits per heavy atom. The second kappa shape index (κ2) is 10.0. The van der Waals surface area contributed by atoms with Crippen LogP contribution in [0.5, 0.6) is 17.2 Å². The van der Waals surface area contributed by atoms with E-state index in [-0.39, 0.29) is 24.0 Å². The molecule has 0 amide bonds. The summed E-state index contributed by atoms with van der Waals surface area (Å²) >= 11 is 7.58. The van der Waals surface area contributed by atoms with Crippen molar-refractivity contribution in [2.45, 2.75) is 13.0 Å². The second-order valence-corrected chi connectivity index (χ2v) is 7.61. The number of nitrogens with zero attached hydrogens (tertiary/aromatic N) is 2. The van der Waals surface area contributed by atoms with Gasteiger partial charge in [-0.15, -0.1) is 10.2 Å². The Morgan fingerprint density at radius 2 is 1.90 bits per heavy atom. The predicted molar refractivity (Wildman–Crippen MR) is 114 cm³/mol. The van der Waals surface area contributed by atoms with Crippen molar-refractivity contribution in [2.24, 2.45) is 5.73 Å². The molecule has 30 heavy (non-hydrogen) atoms. The molecule has 10 heteroatoms. The van der Waals surface area contributed by atoms with Gasteiger partial charge in [0.2, 0.25) is 0 Å². The highest BCUT2D eigenvalue weighted by molar-refractivity contribution is 7.18. The van der Waals surface area contributed by atoms with Gasteiger partial charge in [0, 0.05) is 17.2 Å². The van der Waals surface area contributed by atoms with Crippen molar-refractivity contribution in [3.05, 3.63) is 41.2 Å². The molecule has 0 aliphatic heterocycles. The molecular formula is C20H21ClFN3O4S. The summed E-state index contributed by atoms with van der Waals surface area (Å²) in [6, 6.07) is 7.44. The maximum Gasteiger partial charge on any atom is 0.165 e. The zero-order chi connectivity index (χ0) is 21.7. The molecule has 0 saturated heterocycles. The van der Waals surface area contributed by atoms with Gasteiger partial charge in [0.25, 0.3) is 0 Å². The molecule has 1 aromatic heterocycles. The lowest BCUT2D eigenvalue weighted by Gasteiger charge is -2.12. The highest BCUT2D eigenvalue weighted by Crippen LogP contribution is 2.39. The monoisotopic (exact) mass is 453 g/mol. The van der Waals surface area contributed by atoms with E-state index in [1.54, 1.807) is 19.2 Å². The standard InChI is InChI=1S/C20H21ClFN3O4S/c1-3-28-16-5-4-11(6-18(16)27-2)19-24-25-20(30-19)13-7-15(22)17(8-14(13)21)29-10-12(23)9-26/h4-8,12,26H,3,9-10,23H2,1-2H3/t12-/m1/s1. The minimum Gasteiger partial charge on any atom is -0.493 e. The van der Waals surface area contributed by atoms with E-state index in [9.17, 15) is 4.39 Å². The molecule has 3 N–H and O–H groups in total. The van der Waals surface area contributed by atoms with Crippen LogP contribution in [0.2, 0.25) is 5.02 Å². The number of methoxy groups -OCH3 is 1. The second-order valence-electron chi connectivity index (χ2n) is 6.23. The van der Waals surface area contributed by atoms with Gasteiger partial charge in [0.15, 0.2) is 23.1 Å². The first-order chi connectivity index (χ1) is 14.5. The van der Waals surface area contributed by atoms with E-state index in [0.29, 0.717) is 33.7 Å². The average molecular weight is 454 g/mol. The summed E-state index contributed by atoms with van der Waals surface area (Å²) in [6.07, 6.45) is 0. The summed E-state index contributed by atoms with van der Waals surface area (Å²) in [5.41, 5.74) is 6.75. The van der Waals surface area contributed by atoms with Crippen LogP contribution in [-0.4, -0.2) is 48.3 Å². The number of aromatic nitrogens is 2. The van der Waals surface area contributed by atoms with E-state index < -0.39 is 11.9 Å². The number of rotatable bonds is 9. The lowest BCUT2D eigenvalue weighted by atomic mass is 10.2. The number of nitrogens with two attached hydrogens (primary N) is 1. The molecule has 160 valence electrons. The SMILES string of the molecule is CCOc1ccc(-c2nnc(-c3cc(F)c(OC[C@H](N)CO)cc3Cl)s2)cc1OC. The molecule has 2 aromatic carbocycles. The highest BCUT2D eigenvalue weighted by Gasteiger charge is 2.17. The van der Waals surface area contributed by atoms with Crippen LogP contribution in [0.3, 0.4) is 0 Å². The summed E-state index contributed by atoms with van der Waals surface area (Å²) in [6.45, 7) is 2.11. The van der Waals surface area contributed by atoms with Crippen LogP contribution in [0.25, 0.3) is 21.1 Å². The van der Waals surface area contributed by atoms with Gasteiger partial charge < -0.3 is 25.1 Å². The largest absolute Gasteiger partial charge is 0.493 e. The summed E-state index contributed by atoms with van der Waals surface area (Å²) in [7, 11) is 1.56. The van der Waals surface area contributed by atoms with E-state index in [1.165, 1.54) is 23.5 Å². The predicted octanol–water partition coefficient (Wildman–Crippen LogP) is 3.77. The first-order valence-corrected chi connectivity index (χ1v) is 10.3. The fourth-order valence-electron chi connectivity index (χ4n) is 2.58. The fourth-order valence-corrected chi connectivity index (χ4v) is 3.75. The number of halogens is 2. The first-order valence-electron chi connectivity index (χ1n) is 9.10. The molecule has 0 unspecified atom stereocenters. The summed E-state index contributed by atoms with van der Waals surface area (Å²) in [5, 5.41) is 18.6. The number of aliphatic hydroxyl groups is 1. The molecule has 3 aromatic rings. The van der Waals surface area contributed by atoms with Gasteiger partial charge in [-0.2, -0.15) is 0 Å². The van der Waals surface area contributed by atoms with E-state index in [1.807, 2.05) is 13.0 Å². The van der Waals surface area contributed by atoms with E-state index in [0.717, 1.165) is 5.56 Å². The Balaban J connectivity index is 1.86. The lowest BCUT2D eigenvalue weighted by molar-refractivity contribution is 0.202. The van der Waals surface area contributed by atoms with Crippen LogP contribution in [0.4, 0.5) is 4.39 Å². The van der Waals surface area contributed by atoms with E-state index in [4.69, 9.17) is 36.7 Å². The van der Waals surface area contributed by atoms with Crippen molar-refractivity contribution in [1.29, 1.82) is 0 Å². The molecule has 1 atom stereocenters. The molecule has 0 aliphatic carbocycles. The molecule has 0 fully saturated rings. The Kier molecular flexibility index (Phi) is 7.43. The summed E-state index contributed by atoms with van der Waals surface area (Å²) in [4.78, 5) is 0. The van der Waals surface area contributed by atoms with Gasteiger partial charge in [-0.25, -0.2) is 4.39 Å². The number of ether oxygens (including phenoxy) is 3. The van der Waals surface area contributed by atoms with Crippen LogP contribution < -0.4 is 19.9 Å². The Bertz CT molecular complexity index is 1020. The summed E-state index contributed by atoms with van der Waals surface area (Å²) in [5.74, 6) is 0.556. The average Bonchev–Trinajstić information content (AvgIpc) is 3.24. The molecule has 0 spiro atoms. The highest BCUT2D eigenvalue weighted by atomic mass is 35.5. The maximum atomic E-state index is 14.5. The Hall–Kier alpha value is -2.46. The molecule has 0 radical (unpaired) electrons. The lowest BCUT2D eigenvalue weighted by Crippen LogP contribution is -2.31. The maximum absolute atomic E-state index is 14.5. The van der Waals surface area contributed by atoms with Gasteiger partial charge in [-0.05, 0) is 31.2 Å². The van der Waals surface area contributed by atoms with E-state index >= 15 is 0 Å². The Labute approximate surface area is 182 Å². The van der Waals surface area contributed by atoms with Crippen LogP contribution in [-0.2, 0) is 0 Å². The van der Waals surface area contributed by atoms with Crippen molar-refractivity contribution in [2.75, 3.05) is 26.9 Å². The van der Waals surface area contributed by atoms with Gasteiger partial charge in [0.1, 0.15) is 16.6 Å². The minimum atomic E-state index is -0.612. The fraction of sp³-hybridized carbons (Fsp3) is 0.300. The molecule has 1 heterocycles. The molecular weight excluding hydrogens is 433 g/mol. The van der Waals surface area contributed by atoms with Crippen LogP contribution in [0, 0.1) is 5.82 Å². The van der Waals surface area contributed by atoms with Gasteiger partial charge in [-0.3, -0.25) is 0 Å². The molecule has 3 rings (SSSR count). The third-order valence-electron chi connectivity index (χ3n) is 4.07. The number of aliphatic hydroxyl groups excluding tert-OH is 1. The van der Waals surface area contributed by atoms with Crippen molar-refractivity contribution in [3.8, 4) is 38.4 Å². The van der Waals surface area contributed by atoms with Crippen LogP contribution in [0.1, 0.15) is 6.92 Å². The van der Waals surface area contributed by atoms with Crippen LogP contribution >= 0.6 is 22.9 Å². The molecule has 0 aliphatic rings. The number of hydrogen-bond donors (Lipinski definition) is 2. The van der Waals surface area contributed by atoms with Gasteiger partial charge in [0.05, 0.1) is 31.4 Å². The van der Waals surface area contributed by atoms with Crippen molar-refractivity contribution in [3.63, 3.8) is 0 Å². The van der Waals surface area contributed by atoms with Crippen LogP contribution in [0.15, 0.2) is 30.3 Å². The quantitative estimate of drug-likeness (QED) is 0.508. The Morgan fingerprint density at radius 3 is 2.60 bits per heavy atom. The molecule has 7 nitrogen and oxygen atoms in total. The van der Waals surface area contributed by atoms with E-state index in [2.05, 4.69) is 10.2 Å². The molecule has 0 saturated carbocycles. The smallest absolute Gasteiger partial charge is 0.165 e. The van der Waals surface area contributed by atoms with Crippen molar-refractivity contribution >= 4 is 22.9 Å².